The van der Waals surface area contributed by atoms with Gasteiger partial charge in [0.1, 0.15) is 16.9 Å². The van der Waals surface area contributed by atoms with E-state index in [0.29, 0.717) is 11.1 Å². The predicted octanol–water partition coefficient (Wildman–Crippen LogP) is 5.73. The van der Waals surface area contributed by atoms with Crippen LogP contribution in [0, 0.1) is 13.8 Å². The van der Waals surface area contributed by atoms with Gasteiger partial charge in [0.15, 0.2) is 0 Å². The van der Waals surface area contributed by atoms with Crippen LogP contribution in [-0.4, -0.2) is 16.1 Å². The molecule has 4 aromatic rings. The minimum Gasteiger partial charge on any atom is -0.508 e. The number of anilines is 2. The summed E-state index contributed by atoms with van der Waals surface area (Å²) in [5, 5.41) is 20.4. The lowest BCUT2D eigenvalue weighted by Crippen LogP contribution is -2.40. The Balaban J connectivity index is 1.89. The third kappa shape index (κ3) is 2.73. The first-order valence-electron chi connectivity index (χ1n) is 10.5. The van der Waals surface area contributed by atoms with Gasteiger partial charge in [-0.3, -0.25) is 9.69 Å². The topological polar surface area (TPSA) is 60.8 Å². The van der Waals surface area contributed by atoms with Crippen molar-refractivity contribution in [3.05, 3.63) is 119 Å². The van der Waals surface area contributed by atoms with Crippen LogP contribution in [-0.2, 0) is 10.2 Å². The zero-order valence-electron chi connectivity index (χ0n) is 17.9. The summed E-state index contributed by atoms with van der Waals surface area (Å²) in [5.74, 6) is 0.272. The van der Waals surface area contributed by atoms with Gasteiger partial charge in [-0.2, -0.15) is 0 Å². The summed E-state index contributed by atoms with van der Waals surface area (Å²) in [5.41, 5.74) is 4.29. The summed E-state index contributed by atoms with van der Waals surface area (Å²) < 4.78 is 0. The van der Waals surface area contributed by atoms with E-state index >= 15 is 0 Å². The van der Waals surface area contributed by atoms with Crippen LogP contribution in [0.4, 0.5) is 11.4 Å². The number of aryl methyl sites for hydroxylation is 2. The Morgan fingerprint density at radius 1 is 0.688 bits per heavy atom. The second-order valence-corrected chi connectivity index (χ2v) is 8.25. The molecule has 5 rings (SSSR count). The molecule has 158 valence electrons. The molecule has 1 aliphatic heterocycles. The predicted molar refractivity (Wildman–Crippen MR) is 126 cm³/mol. The van der Waals surface area contributed by atoms with Crippen molar-refractivity contribution in [1.82, 2.24) is 0 Å². The molecular formula is C28H23NO3. The van der Waals surface area contributed by atoms with E-state index in [2.05, 4.69) is 0 Å². The Kier molecular flexibility index (Phi) is 4.52. The quantitative estimate of drug-likeness (QED) is 0.444. The largest absolute Gasteiger partial charge is 0.508 e. The number of para-hydroxylation sites is 2. The molecule has 1 heterocycles. The van der Waals surface area contributed by atoms with E-state index in [1.807, 2.05) is 92.7 Å². The average Bonchev–Trinajstić information content (AvgIpc) is 3.07. The van der Waals surface area contributed by atoms with Gasteiger partial charge in [-0.15, -0.1) is 0 Å². The van der Waals surface area contributed by atoms with Crippen molar-refractivity contribution in [3.8, 4) is 11.5 Å². The van der Waals surface area contributed by atoms with E-state index in [4.69, 9.17) is 0 Å². The van der Waals surface area contributed by atoms with E-state index in [1.165, 1.54) is 0 Å². The van der Waals surface area contributed by atoms with Crippen LogP contribution in [0.1, 0.15) is 27.8 Å². The highest BCUT2D eigenvalue weighted by molar-refractivity contribution is 6.17. The van der Waals surface area contributed by atoms with E-state index in [9.17, 15) is 15.0 Å². The molecule has 0 spiro atoms. The molecule has 0 atom stereocenters. The fourth-order valence-electron chi connectivity index (χ4n) is 4.71. The van der Waals surface area contributed by atoms with E-state index in [0.717, 1.165) is 28.1 Å². The van der Waals surface area contributed by atoms with Gasteiger partial charge >= 0.3 is 0 Å². The second kappa shape index (κ2) is 7.27. The van der Waals surface area contributed by atoms with Crippen molar-refractivity contribution >= 4 is 17.3 Å². The lowest BCUT2D eigenvalue weighted by Gasteiger charge is -2.31. The monoisotopic (exact) mass is 421 g/mol. The SMILES string of the molecule is Cc1cc(C2(c3ccc(O)c(C)c3)C(=O)N(c3ccccc3)c3ccccc32)ccc1O. The molecule has 1 aliphatic rings. The van der Waals surface area contributed by atoms with Crippen LogP contribution >= 0.6 is 0 Å². The summed E-state index contributed by atoms with van der Waals surface area (Å²) in [7, 11) is 0. The third-order valence-corrected chi connectivity index (χ3v) is 6.35. The molecule has 4 heteroatoms. The molecule has 4 nitrogen and oxygen atoms in total. The first-order chi connectivity index (χ1) is 15.4. The van der Waals surface area contributed by atoms with Crippen LogP contribution in [0.15, 0.2) is 91.0 Å². The smallest absolute Gasteiger partial charge is 0.251 e. The van der Waals surface area contributed by atoms with Gasteiger partial charge in [0, 0.05) is 11.3 Å². The van der Waals surface area contributed by atoms with E-state index < -0.39 is 5.41 Å². The van der Waals surface area contributed by atoms with Crippen LogP contribution in [0.5, 0.6) is 11.5 Å². The highest BCUT2D eigenvalue weighted by Crippen LogP contribution is 2.53. The number of amides is 1. The molecular weight excluding hydrogens is 398 g/mol. The maximum atomic E-state index is 14.5. The molecule has 4 aromatic carbocycles. The number of benzene rings is 4. The molecule has 0 fully saturated rings. The van der Waals surface area contributed by atoms with Gasteiger partial charge < -0.3 is 10.2 Å². The number of phenolic OH excluding ortho intramolecular Hbond substituents is 2. The zero-order valence-corrected chi connectivity index (χ0v) is 17.9. The maximum absolute atomic E-state index is 14.5. The molecule has 0 unspecified atom stereocenters. The number of aromatic hydroxyl groups is 2. The number of hydrogen-bond donors (Lipinski definition) is 2. The Bertz CT molecular complexity index is 1290. The normalized spacial score (nSPS) is 14.4. The number of nitrogens with zero attached hydrogens (tertiary/aromatic N) is 1. The van der Waals surface area contributed by atoms with Crippen molar-refractivity contribution in [3.63, 3.8) is 0 Å². The number of carbonyl (C=O) groups is 1. The molecule has 0 saturated carbocycles. The van der Waals surface area contributed by atoms with Gasteiger partial charge in [0.2, 0.25) is 0 Å². The molecule has 32 heavy (non-hydrogen) atoms. The summed E-state index contributed by atoms with van der Waals surface area (Å²) >= 11 is 0. The van der Waals surface area contributed by atoms with Crippen LogP contribution in [0.3, 0.4) is 0 Å². The first-order valence-corrected chi connectivity index (χ1v) is 10.5. The number of hydrogen-bond acceptors (Lipinski definition) is 3. The van der Waals surface area contributed by atoms with Gasteiger partial charge in [-0.25, -0.2) is 0 Å². The van der Waals surface area contributed by atoms with Gasteiger partial charge in [-0.1, -0.05) is 60.7 Å². The van der Waals surface area contributed by atoms with E-state index in [-0.39, 0.29) is 17.4 Å². The van der Waals surface area contributed by atoms with Gasteiger partial charge in [0.25, 0.3) is 5.91 Å². The fraction of sp³-hybridized carbons (Fsp3) is 0.107. The second-order valence-electron chi connectivity index (χ2n) is 8.25. The summed E-state index contributed by atoms with van der Waals surface area (Å²) in [6, 6.07) is 28.1. The Morgan fingerprint density at radius 2 is 1.22 bits per heavy atom. The lowest BCUT2D eigenvalue weighted by atomic mass is 9.69. The van der Waals surface area contributed by atoms with Crippen molar-refractivity contribution in [2.24, 2.45) is 0 Å². The van der Waals surface area contributed by atoms with Crippen molar-refractivity contribution in [1.29, 1.82) is 0 Å². The lowest BCUT2D eigenvalue weighted by molar-refractivity contribution is -0.120. The van der Waals surface area contributed by atoms with Crippen LogP contribution < -0.4 is 4.90 Å². The van der Waals surface area contributed by atoms with Crippen molar-refractivity contribution < 1.29 is 15.0 Å². The molecule has 0 saturated heterocycles. The van der Waals surface area contributed by atoms with Crippen molar-refractivity contribution in [2.75, 3.05) is 4.90 Å². The summed E-state index contributed by atoms with van der Waals surface area (Å²) in [6.07, 6.45) is 0. The number of rotatable bonds is 3. The molecule has 0 aromatic heterocycles. The first kappa shape index (κ1) is 19.9. The zero-order chi connectivity index (χ0) is 22.5. The molecule has 0 aliphatic carbocycles. The van der Waals surface area contributed by atoms with Gasteiger partial charge in [-0.05, 0) is 66.4 Å². The minimum atomic E-state index is -1.12. The Labute approximate surface area is 187 Å². The Hall–Kier alpha value is -4.05. The molecule has 1 amide bonds. The Morgan fingerprint density at radius 3 is 1.78 bits per heavy atom. The summed E-state index contributed by atoms with van der Waals surface area (Å²) in [4.78, 5) is 16.2. The van der Waals surface area contributed by atoms with Gasteiger partial charge in [0.05, 0.1) is 5.69 Å². The third-order valence-electron chi connectivity index (χ3n) is 6.35. The van der Waals surface area contributed by atoms with E-state index in [1.54, 1.807) is 17.0 Å². The number of carbonyl (C=O) groups excluding carboxylic acids is 1. The highest BCUT2D eigenvalue weighted by atomic mass is 16.3. The summed E-state index contributed by atoms with van der Waals surface area (Å²) in [6.45, 7) is 3.66. The molecule has 0 bridgehead atoms. The van der Waals surface area contributed by atoms with Crippen molar-refractivity contribution in [2.45, 2.75) is 19.3 Å². The maximum Gasteiger partial charge on any atom is 0.251 e. The standard InChI is InChI=1S/C28H23NO3/c1-18-16-20(12-14-25(18)30)28(21-13-15-26(31)19(2)17-21)23-10-6-7-11-24(23)29(27(28)32)22-8-4-3-5-9-22/h3-17,30-31H,1-2H3. The fourth-order valence-corrected chi connectivity index (χ4v) is 4.71. The number of phenols is 2. The molecule has 0 radical (unpaired) electrons. The number of fused-ring (bicyclic) bond motifs is 1. The van der Waals surface area contributed by atoms with Crippen LogP contribution in [0.25, 0.3) is 0 Å². The minimum absolute atomic E-state index is 0.0971. The molecule has 2 N–H and O–H groups in total. The highest BCUT2D eigenvalue weighted by Gasteiger charge is 2.54. The van der Waals surface area contributed by atoms with Crippen LogP contribution in [0.2, 0.25) is 0 Å². The average molecular weight is 421 g/mol.